The summed E-state index contributed by atoms with van der Waals surface area (Å²) in [5.74, 6) is -0.181. The van der Waals surface area contributed by atoms with E-state index >= 15 is 0 Å². The normalized spacial score (nSPS) is 15.6. The SMILES string of the molecule is CC(O)N1CCn2c(c(-c3ccc(Cl)cc3)c3ncccc32)C1=O. The van der Waals surface area contributed by atoms with Gasteiger partial charge in [0, 0.05) is 29.9 Å². The van der Waals surface area contributed by atoms with Crippen LogP contribution in [0.1, 0.15) is 17.4 Å². The molecule has 1 aliphatic rings. The third-order valence-electron chi connectivity index (χ3n) is 4.43. The van der Waals surface area contributed by atoms with Crippen molar-refractivity contribution in [2.45, 2.75) is 19.7 Å². The van der Waals surface area contributed by atoms with Gasteiger partial charge in [-0.15, -0.1) is 0 Å². The maximum atomic E-state index is 13.0. The predicted molar refractivity (Wildman–Crippen MR) is 92.9 cm³/mol. The first-order chi connectivity index (χ1) is 11.6. The number of aliphatic hydroxyl groups excluding tert-OH is 1. The number of hydrogen-bond acceptors (Lipinski definition) is 3. The lowest BCUT2D eigenvalue weighted by Crippen LogP contribution is -2.45. The average molecular weight is 342 g/mol. The number of nitrogens with zero attached hydrogens (tertiary/aromatic N) is 3. The molecule has 6 heteroatoms. The van der Waals surface area contributed by atoms with E-state index in [9.17, 15) is 9.90 Å². The van der Waals surface area contributed by atoms with E-state index in [4.69, 9.17) is 11.6 Å². The molecule has 1 unspecified atom stereocenters. The smallest absolute Gasteiger partial charge is 0.273 e. The van der Waals surface area contributed by atoms with Crippen molar-refractivity contribution in [3.05, 3.63) is 53.3 Å². The van der Waals surface area contributed by atoms with Gasteiger partial charge in [0.05, 0.1) is 11.0 Å². The third-order valence-corrected chi connectivity index (χ3v) is 4.68. The van der Waals surface area contributed by atoms with Crippen molar-refractivity contribution in [3.63, 3.8) is 0 Å². The van der Waals surface area contributed by atoms with Gasteiger partial charge in [0.15, 0.2) is 0 Å². The quantitative estimate of drug-likeness (QED) is 0.779. The van der Waals surface area contributed by atoms with Gasteiger partial charge in [0.25, 0.3) is 5.91 Å². The molecular weight excluding hydrogens is 326 g/mol. The van der Waals surface area contributed by atoms with Crippen LogP contribution in [0, 0.1) is 0 Å². The van der Waals surface area contributed by atoms with Crippen LogP contribution < -0.4 is 0 Å². The van der Waals surface area contributed by atoms with Crippen LogP contribution in [0.2, 0.25) is 5.02 Å². The van der Waals surface area contributed by atoms with Gasteiger partial charge >= 0.3 is 0 Å². The van der Waals surface area contributed by atoms with Crippen LogP contribution in [-0.2, 0) is 6.54 Å². The van der Waals surface area contributed by atoms with Gasteiger partial charge in [-0.25, -0.2) is 0 Å². The Hall–Kier alpha value is -2.37. The standard InChI is InChI=1S/C18H16ClN3O2/c1-11(23)21-9-10-22-14-3-2-8-20-16(14)15(17(22)18(21)24)12-4-6-13(19)7-5-12/h2-8,11,23H,9-10H2,1H3. The number of carbonyl (C=O) groups is 1. The van der Waals surface area contributed by atoms with Gasteiger partial charge in [-0.3, -0.25) is 9.78 Å². The topological polar surface area (TPSA) is 58.4 Å². The van der Waals surface area contributed by atoms with E-state index in [-0.39, 0.29) is 5.91 Å². The molecular formula is C18H16ClN3O2. The summed E-state index contributed by atoms with van der Waals surface area (Å²) in [6.45, 7) is 2.71. The van der Waals surface area contributed by atoms with Crippen molar-refractivity contribution in [2.24, 2.45) is 0 Å². The summed E-state index contributed by atoms with van der Waals surface area (Å²) in [7, 11) is 0. The summed E-state index contributed by atoms with van der Waals surface area (Å²) in [6, 6.07) is 11.2. The molecule has 1 amide bonds. The summed E-state index contributed by atoms with van der Waals surface area (Å²) in [6.07, 6.45) is 0.903. The largest absolute Gasteiger partial charge is 0.374 e. The molecule has 1 atom stereocenters. The third kappa shape index (κ3) is 2.20. The number of aromatic nitrogens is 2. The fourth-order valence-electron chi connectivity index (χ4n) is 3.32. The highest BCUT2D eigenvalue weighted by Gasteiger charge is 2.33. The van der Waals surface area contributed by atoms with Crippen molar-refractivity contribution in [3.8, 4) is 11.1 Å². The van der Waals surface area contributed by atoms with Gasteiger partial charge in [-0.05, 0) is 36.8 Å². The Bertz CT molecular complexity index is 931. The number of carbonyl (C=O) groups excluding carboxylic acids is 1. The predicted octanol–water partition coefficient (Wildman–Crippen LogP) is 3.15. The highest BCUT2D eigenvalue weighted by atomic mass is 35.5. The van der Waals surface area contributed by atoms with Crippen LogP contribution in [0.3, 0.4) is 0 Å². The summed E-state index contributed by atoms with van der Waals surface area (Å²) < 4.78 is 1.99. The van der Waals surface area contributed by atoms with E-state index in [1.54, 1.807) is 25.3 Å². The molecule has 3 aromatic rings. The number of aliphatic hydroxyl groups is 1. The van der Waals surface area contributed by atoms with E-state index < -0.39 is 6.23 Å². The number of halogens is 1. The fourth-order valence-corrected chi connectivity index (χ4v) is 3.45. The van der Waals surface area contributed by atoms with Crippen LogP contribution in [0.5, 0.6) is 0 Å². The summed E-state index contributed by atoms with van der Waals surface area (Å²) in [5.41, 5.74) is 3.96. The first-order valence-electron chi connectivity index (χ1n) is 7.80. The van der Waals surface area contributed by atoms with Gasteiger partial charge in [0.2, 0.25) is 0 Å². The lowest BCUT2D eigenvalue weighted by Gasteiger charge is -2.31. The number of hydrogen-bond donors (Lipinski definition) is 1. The Kier molecular flexibility index (Phi) is 3.55. The average Bonchev–Trinajstić information content (AvgIpc) is 2.91. The maximum Gasteiger partial charge on any atom is 0.273 e. The van der Waals surface area contributed by atoms with E-state index in [0.29, 0.717) is 23.8 Å². The van der Waals surface area contributed by atoms with Crippen molar-refractivity contribution in [2.75, 3.05) is 6.54 Å². The first-order valence-corrected chi connectivity index (χ1v) is 8.18. The molecule has 2 aromatic heterocycles. The van der Waals surface area contributed by atoms with Crippen molar-refractivity contribution < 1.29 is 9.90 Å². The number of pyridine rings is 1. The summed E-state index contributed by atoms with van der Waals surface area (Å²) in [4.78, 5) is 19.0. The van der Waals surface area contributed by atoms with Crippen molar-refractivity contribution in [1.29, 1.82) is 0 Å². The molecule has 0 spiro atoms. The molecule has 4 rings (SSSR count). The molecule has 0 aliphatic carbocycles. The molecule has 0 radical (unpaired) electrons. The van der Waals surface area contributed by atoms with Gasteiger partial charge in [0.1, 0.15) is 11.9 Å². The molecule has 24 heavy (non-hydrogen) atoms. The second-order valence-electron chi connectivity index (χ2n) is 5.88. The van der Waals surface area contributed by atoms with Crippen LogP contribution in [0.4, 0.5) is 0 Å². The lowest BCUT2D eigenvalue weighted by atomic mass is 10.0. The van der Waals surface area contributed by atoms with E-state index in [0.717, 1.165) is 22.2 Å². The van der Waals surface area contributed by atoms with E-state index in [1.807, 2.05) is 28.8 Å². The highest BCUT2D eigenvalue weighted by Crippen LogP contribution is 2.36. The van der Waals surface area contributed by atoms with Crippen molar-refractivity contribution >= 4 is 28.5 Å². The molecule has 1 aromatic carbocycles. The number of rotatable bonds is 2. The Morgan fingerprint density at radius 3 is 2.67 bits per heavy atom. The molecule has 0 bridgehead atoms. The zero-order valence-electron chi connectivity index (χ0n) is 13.1. The first kappa shape index (κ1) is 15.2. The molecule has 5 nitrogen and oxygen atoms in total. The number of benzene rings is 1. The molecule has 1 N–H and O–H groups in total. The minimum Gasteiger partial charge on any atom is -0.374 e. The molecule has 0 saturated carbocycles. The second-order valence-corrected chi connectivity index (χ2v) is 6.32. The van der Waals surface area contributed by atoms with E-state index in [1.165, 1.54) is 4.90 Å². The highest BCUT2D eigenvalue weighted by molar-refractivity contribution is 6.30. The van der Waals surface area contributed by atoms with Gasteiger partial charge in [-0.2, -0.15) is 0 Å². The summed E-state index contributed by atoms with van der Waals surface area (Å²) in [5, 5.41) is 10.5. The number of amides is 1. The minimum absolute atomic E-state index is 0.181. The Morgan fingerprint density at radius 2 is 1.96 bits per heavy atom. The fraction of sp³-hybridized carbons (Fsp3) is 0.222. The Labute approximate surface area is 144 Å². The maximum absolute atomic E-state index is 13.0. The molecule has 3 heterocycles. The molecule has 122 valence electrons. The van der Waals surface area contributed by atoms with Crippen LogP contribution in [0.15, 0.2) is 42.6 Å². The zero-order chi connectivity index (χ0) is 16.8. The van der Waals surface area contributed by atoms with E-state index in [2.05, 4.69) is 4.98 Å². The van der Waals surface area contributed by atoms with Crippen molar-refractivity contribution in [1.82, 2.24) is 14.5 Å². The van der Waals surface area contributed by atoms with Crippen LogP contribution >= 0.6 is 11.6 Å². The Balaban J connectivity index is 2.02. The monoisotopic (exact) mass is 341 g/mol. The molecule has 0 fully saturated rings. The molecule has 0 saturated heterocycles. The lowest BCUT2D eigenvalue weighted by molar-refractivity contribution is 0.0110. The zero-order valence-corrected chi connectivity index (χ0v) is 13.9. The summed E-state index contributed by atoms with van der Waals surface area (Å²) >= 11 is 6.00. The number of fused-ring (bicyclic) bond motifs is 3. The van der Waals surface area contributed by atoms with Crippen LogP contribution in [-0.4, -0.2) is 38.2 Å². The minimum atomic E-state index is -0.824. The molecule has 1 aliphatic heterocycles. The van der Waals surface area contributed by atoms with Gasteiger partial charge < -0.3 is 14.6 Å². The second kappa shape index (κ2) is 5.61. The van der Waals surface area contributed by atoms with Crippen LogP contribution in [0.25, 0.3) is 22.2 Å². The Morgan fingerprint density at radius 1 is 1.21 bits per heavy atom. The van der Waals surface area contributed by atoms with Gasteiger partial charge in [-0.1, -0.05) is 23.7 Å².